The molecule has 1 aromatic rings. The fourth-order valence-corrected chi connectivity index (χ4v) is 4.31. The van der Waals surface area contributed by atoms with Gasteiger partial charge in [-0.25, -0.2) is 0 Å². The summed E-state index contributed by atoms with van der Waals surface area (Å²) in [5.74, 6) is -0.568. The lowest BCUT2D eigenvalue weighted by atomic mass is 9.74. The molecule has 0 bridgehead atoms. The van der Waals surface area contributed by atoms with Gasteiger partial charge in [0.25, 0.3) is 0 Å². The predicted molar refractivity (Wildman–Crippen MR) is 73.6 cm³/mol. The molecule has 104 valence electrons. The Bertz CT molecular complexity index is 492. The summed E-state index contributed by atoms with van der Waals surface area (Å²) in [6, 6.07) is 3.90. The minimum absolute atomic E-state index is 0.106. The number of carboxylic acid groups (broad SMARTS) is 1. The van der Waals surface area contributed by atoms with E-state index in [-0.39, 0.29) is 5.92 Å². The number of thiophene rings is 1. The van der Waals surface area contributed by atoms with Gasteiger partial charge in [-0.05, 0) is 18.6 Å². The van der Waals surface area contributed by atoms with Gasteiger partial charge in [0.2, 0.25) is 0 Å². The lowest BCUT2D eigenvalue weighted by Crippen LogP contribution is -2.44. The number of rotatable bonds is 3. The number of nitrogens with zero attached hydrogens (tertiary/aromatic N) is 1. The number of halogens is 1. The second-order valence-electron chi connectivity index (χ2n) is 5.36. The Labute approximate surface area is 120 Å². The number of ether oxygens (including phenoxy) is 1. The summed E-state index contributed by atoms with van der Waals surface area (Å²) >= 11 is 7.49. The maximum atomic E-state index is 11.7. The maximum absolute atomic E-state index is 11.7. The topological polar surface area (TPSA) is 49.8 Å². The van der Waals surface area contributed by atoms with Gasteiger partial charge in [0.15, 0.2) is 0 Å². The average molecular weight is 302 g/mol. The van der Waals surface area contributed by atoms with Gasteiger partial charge in [0.05, 0.1) is 16.4 Å². The van der Waals surface area contributed by atoms with Crippen LogP contribution in [-0.4, -0.2) is 42.3 Å². The number of fused-ring (bicyclic) bond motifs is 1. The van der Waals surface area contributed by atoms with E-state index in [4.69, 9.17) is 16.3 Å². The van der Waals surface area contributed by atoms with Gasteiger partial charge in [-0.3, -0.25) is 9.69 Å². The van der Waals surface area contributed by atoms with Crippen molar-refractivity contribution in [3.05, 3.63) is 21.3 Å². The molecule has 1 aromatic heterocycles. The molecule has 0 aromatic carbocycles. The molecule has 0 amide bonds. The van der Waals surface area contributed by atoms with Crippen molar-refractivity contribution in [1.29, 1.82) is 0 Å². The zero-order valence-electron chi connectivity index (χ0n) is 10.5. The molecule has 2 saturated heterocycles. The highest BCUT2D eigenvalue weighted by Crippen LogP contribution is 2.43. The first kappa shape index (κ1) is 13.4. The molecule has 0 radical (unpaired) electrons. The zero-order valence-corrected chi connectivity index (χ0v) is 12.0. The van der Waals surface area contributed by atoms with Gasteiger partial charge in [-0.15, -0.1) is 11.3 Å². The van der Waals surface area contributed by atoms with Crippen LogP contribution in [0.2, 0.25) is 4.34 Å². The van der Waals surface area contributed by atoms with E-state index in [1.165, 1.54) is 4.88 Å². The molecule has 6 heteroatoms. The van der Waals surface area contributed by atoms with Crippen LogP contribution in [0.25, 0.3) is 0 Å². The number of carboxylic acids is 1. The fourth-order valence-electron chi connectivity index (χ4n) is 3.18. The maximum Gasteiger partial charge on any atom is 0.311 e. The third-order valence-corrected chi connectivity index (χ3v) is 5.43. The van der Waals surface area contributed by atoms with Crippen molar-refractivity contribution in [1.82, 2.24) is 4.90 Å². The highest BCUT2D eigenvalue weighted by atomic mass is 35.5. The van der Waals surface area contributed by atoms with Gasteiger partial charge >= 0.3 is 5.97 Å². The molecule has 2 aliphatic heterocycles. The molecule has 0 saturated carbocycles. The van der Waals surface area contributed by atoms with Gasteiger partial charge in [0.1, 0.15) is 0 Å². The Morgan fingerprint density at radius 2 is 2.47 bits per heavy atom. The first-order valence-corrected chi connectivity index (χ1v) is 7.57. The van der Waals surface area contributed by atoms with E-state index in [2.05, 4.69) is 4.90 Å². The summed E-state index contributed by atoms with van der Waals surface area (Å²) in [5, 5.41) is 9.59. The second kappa shape index (κ2) is 5.05. The normalized spacial score (nSPS) is 31.3. The quantitative estimate of drug-likeness (QED) is 0.931. The van der Waals surface area contributed by atoms with Crippen LogP contribution >= 0.6 is 22.9 Å². The molecule has 0 aliphatic carbocycles. The highest BCUT2D eigenvalue weighted by molar-refractivity contribution is 7.16. The van der Waals surface area contributed by atoms with Crippen LogP contribution in [0.15, 0.2) is 12.1 Å². The van der Waals surface area contributed by atoms with Crippen LogP contribution in [0.3, 0.4) is 0 Å². The monoisotopic (exact) mass is 301 g/mol. The Kier molecular flexibility index (Phi) is 3.55. The molecule has 0 spiro atoms. The summed E-state index contributed by atoms with van der Waals surface area (Å²) in [4.78, 5) is 15.1. The minimum atomic E-state index is -0.674. The fraction of sp³-hybridized carbons (Fsp3) is 0.615. The number of likely N-dealkylation sites (tertiary alicyclic amines) is 1. The van der Waals surface area contributed by atoms with E-state index in [0.29, 0.717) is 26.2 Å². The molecule has 1 N–H and O–H groups in total. The van der Waals surface area contributed by atoms with Crippen LogP contribution in [0.1, 0.15) is 11.3 Å². The predicted octanol–water partition coefficient (Wildman–Crippen LogP) is 2.32. The first-order chi connectivity index (χ1) is 9.10. The van der Waals surface area contributed by atoms with E-state index in [0.717, 1.165) is 17.4 Å². The third-order valence-electron chi connectivity index (χ3n) is 4.21. The van der Waals surface area contributed by atoms with Crippen LogP contribution in [0, 0.1) is 11.3 Å². The molecule has 2 fully saturated rings. The van der Waals surface area contributed by atoms with Crippen LogP contribution < -0.4 is 0 Å². The molecule has 4 nitrogen and oxygen atoms in total. The lowest BCUT2D eigenvalue weighted by Gasteiger charge is -2.34. The van der Waals surface area contributed by atoms with Crippen LogP contribution in [-0.2, 0) is 16.1 Å². The number of aliphatic carboxylic acids is 1. The van der Waals surface area contributed by atoms with Crippen molar-refractivity contribution in [2.24, 2.45) is 11.3 Å². The molecule has 19 heavy (non-hydrogen) atoms. The van der Waals surface area contributed by atoms with E-state index in [9.17, 15) is 9.90 Å². The van der Waals surface area contributed by atoms with E-state index in [1.54, 1.807) is 11.3 Å². The summed E-state index contributed by atoms with van der Waals surface area (Å²) < 4.78 is 6.23. The van der Waals surface area contributed by atoms with Crippen LogP contribution in [0.5, 0.6) is 0 Å². The third kappa shape index (κ3) is 2.40. The Morgan fingerprint density at radius 3 is 3.11 bits per heavy atom. The largest absolute Gasteiger partial charge is 0.481 e. The molecule has 2 atom stereocenters. The molecule has 3 rings (SSSR count). The van der Waals surface area contributed by atoms with Gasteiger partial charge < -0.3 is 9.84 Å². The Hall–Kier alpha value is -0.620. The van der Waals surface area contributed by atoms with Crippen molar-refractivity contribution in [2.45, 2.75) is 13.0 Å². The minimum Gasteiger partial charge on any atom is -0.481 e. The van der Waals surface area contributed by atoms with Gasteiger partial charge in [-0.1, -0.05) is 11.6 Å². The van der Waals surface area contributed by atoms with Gasteiger partial charge in [0, 0.05) is 37.0 Å². The van der Waals surface area contributed by atoms with E-state index < -0.39 is 11.4 Å². The smallest absolute Gasteiger partial charge is 0.311 e. The summed E-state index contributed by atoms with van der Waals surface area (Å²) in [6.45, 7) is 3.31. The van der Waals surface area contributed by atoms with Gasteiger partial charge in [-0.2, -0.15) is 0 Å². The molecular weight excluding hydrogens is 286 g/mol. The Balaban J connectivity index is 1.75. The van der Waals surface area contributed by atoms with Crippen LogP contribution in [0.4, 0.5) is 0 Å². The summed E-state index contributed by atoms with van der Waals surface area (Å²) in [5.41, 5.74) is -0.612. The number of hydrogen-bond donors (Lipinski definition) is 1. The lowest BCUT2D eigenvalue weighted by molar-refractivity contribution is -0.157. The highest BCUT2D eigenvalue weighted by Gasteiger charge is 2.53. The average Bonchev–Trinajstić information content (AvgIpc) is 2.93. The second-order valence-corrected chi connectivity index (χ2v) is 7.16. The Morgan fingerprint density at radius 1 is 1.63 bits per heavy atom. The standard InChI is InChI=1S/C13H16ClNO3S/c14-11-2-1-10(19-11)6-15-5-9-7-18-4-3-13(9,8-15)12(16)17/h1-2,9H,3-8H2,(H,16,17)/t9-,13+/m1/s1. The van der Waals surface area contributed by atoms with E-state index in [1.807, 2.05) is 12.1 Å². The zero-order chi connectivity index (χ0) is 13.5. The SMILES string of the molecule is O=C(O)[C@]12CCOC[C@H]1CN(Cc1ccc(Cl)s1)C2. The van der Waals surface area contributed by atoms with Crippen molar-refractivity contribution in [2.75, 3.05) is 26.3 Å². The van der Waals surface area contributed by atoms with Crippen molar-refractivity contribution in [3.8, 4) is 0 Å². The summed E-state index contributed by atoms with van der Waals surface area (Å²) in [6.07, 6.45) is 0.620. The molecule has 2 aliphatic rings. The van der Waals surface area contributed by atoms with Crippen molar-refractivity contribution < 1.29 is 14.6 Å². The number of carbonyl (C=O) groups is 1. The van der Waals surface area contributed by atoms with Crippen molar-refractivity contribution in [3.63, 3.8) is 0 Å². The molecule has 0 unspecified atom stereocenters. The molecule has 3 heterocycles. The number of hydrogen-bond acceptors (Lipinski definition) is 4. The summed E-state index contributed by atoms with van der Waals surface area (Å²) in [7, 11) is 0. The van der Waals surface area contributed by atoms with E-state index >= 15 is 0 Å². The first-order valence-electron chi connectivity index (χ1n) is 6.38. The van der Waals surface area contributed by atoms with Crippen molar-refractivity contribution >= 4 is 28.9 Å². The molecular formula is C13H16ClNO3S.